The van der Waals surface area contributed by atoms with Gasteiger partial charge in [-0.25, -0.2) is 0 Å². The molecule has 13 aromatic rings. The second kappa shape index (κ2) is 16.5. The van der Waals surface area contributed by atoms with Crippen molar-refractivity contribution in [3.63, 3.8) is 0 Å². The second-order valence-corrected chi connectivity index (χ2v) is 17.6. The van der Waals surface area contributed by atoms with Crippen LogP contribution in [0.4, 0.5) is 17.1 Å². The molecule has 0 unspecified atom stereocenters. The van der Waals surface area contributed by atoms with Gasteiger partial charge in [0.15, 0.2) is 0 Å². The fourth-order valence-corrected chi connectivity index (χ4v) is 10.7. The number of hydrogen-bond acceptors (Lipinski definition) is 1. The highest BCUT2D eigenvalue weighted by molar-refractivity contribution is 6.22. The first kappa shape index (κ1) is 39.4. The fourth-order valence-electron chi connectivity index (χ4n) is 10.7. The molecule has 0 spiro atoms. The highest BCUT2D eigenvalue weighted by Gasteiger charge is 2.24. The third-order valence-electron chi connectivity index (χ3n) is 13.7. The largest absolute Gasteiger partial charge is 0.309 e. The monoisotopic (exact) mass is 864 g/mol. The lowest BCUT2D eigenvalue weighted by Crippen LogP contribution is -2.11. The molecule has 2 heteroatoms. The van der Waals surface area contributed by atoms with Gasteiger partial charge in [-0.15, -0.1) is 0 Å². The number of rotatable bonds is 8. The predicted octanol–water partition coefficient (Wildman–Crippen LogP) is 18.4. The van der Waals surface area contributed by atoms with E-state index in [1.807, 2.05) is 0 Å². The highest BCUT2D eigenvalue weighted by Crippen LogP contribution is 2.48. The molecule has 0 fully saturated rings. The molecule has 0 saturated carbocycles. The van der Waals surface area contributed by atoms with Crippen LogP contribution in [0.15, 0.2) is 267 Å². The van der Waals surface area contributed by atoms with Crippen molar-refractivity contribution in [1.29, 1.82) is 0 Å². The number of aromatic nitrogens is 1. The van der Waals surface area contributed by atoms with E-state index < -0.39 is 0 Å². The van der Waals surface area contributed by atoms with E-state index in [1.54, 1.807) is 0 Å². The van der Waals surface area contributed by atoms with Crippen LogP contribution in [0.1, 0.15) is 0 Å². The first-order valence-corrected chi connectivity index (χ1v) is 23.4. The minimum absolute atomic E-state index is 1.08. The molecule has 0 N–H and O–H groups in total. The van der Waals surface area contributed by atoms with Crippen LogP contribution in [0, 0.1) is 0 Å². The van der Waals surface area contributed by atoms with Crippen molar-refractivity contribution in [2.75, 3.05) is 4.90 Å². The molecule has 318 valence electrons. The molecule has 2 nitrogen and oxygen atoms in total. The van der Waals surface area contributed by atoms with Crippen LogP contribution >= 0.6 is 0 Å². The van der Waals surface area contributed by atoms with Crippen LogP contribution in [-0.2, 0) is 0 Å². The third kappa shape index (κ3) is 6.57. The number of benzene rings is 12. The number of nitrogens with zero attached hydrogens (tertiary/aromatic N) is 2. The van der Waals surface area contributed by atoms with E-state index in [0.29, 0.717) is 0 Å². The van der Waals surface area contributed by atoms with Crippen LogP contribution in [0.5, 0.6) is 0 Å². The number of hydrogen-bond donors (Lipinski definition) is 0. The minimum Gasteiger partial charge on any atom is -0.309 e. The maximum Gasteiger partial charge on any atom is 0.0562 e. The van der Waals surface area contributed by atoms with Gasteiger partial charge in [0.25, 0.3) is 0 Å². The Morgan fingerprint density at radius 2 is 0.824 bits per heavy atom. The second-order valence-electron chi connectivity index (χ2n) is 17.6. The first-order chi connectivity index (χ1) is 33.8. The Morgan fingerprint density at radius 3 is 1.57 bits per heavy atom. The van der Waals surface area contributed by atoms with Crippen LogP contribution in [0.2, 0.25) is 0 Å². The summed E-state index contributed by atoms with van der Waals surface area (Å²) in [5, 5.41) is 9.86. The molecule has 0 radical (unpaired) electrons. The van der Waals surface area contributed by atoms with Gasteiger partial charge in [-0.1, -0.05) is 212 Å². The van der Waals surface area contributed by atoms with Crippen molar-refractivity contribution >= 4 is 71.2 Å². The molecular weight excluding hydrogens is 821 g/mol. The van der Waals surface area contributed by atoms with Gasteiger partial charge >= 0.3 is 0 Å². The van der Waals surface area contributed by atoms with Crippen LogP contribution in [0.25, 0.3) is 104 Å². The van der Waals surface area contributed by atoms with Crippen molar-refractivity contribution < 1.29 is 0 Å². The van der Waals surface area contributed by atoms with Gasteiger partial charge in [-0.3, -0.25) is 0 Å². The van der Waals surface area contributed by atoms with Crippen molar-refractivity contribution in [3.05, 3.63) is 267 Å². The molecule has 0 saturated heterocycles. The van der Waals surface area contributed by atoms with E-state index in [9.17, 15) is 0 Å². The van der Waals surface area contributed by atoms with Crippen molar-refractivity contribution in [3.8, 4) is 50.2 Å². The summed E-state index contributed by atoms with van der Waals surface area (Å²) in [6.07, 6.45) is 0. The summed E-state index contributed by atoms with van der Waals surface area (Å²) in [5.41, 5.74) is 16.4. The molecule has 0 amide bonds. The minimum atomic E-state index is 1.08. The molecule has 0 aliphatic heterocycles. The summed E-state index contributed by atoms with van der Waals surface area (Å²) in [6, 6.07) is 97.5. The Labute approximate surface area is 395 Å². The summed E-state index contributed by atoms with van der Waals surface area (Å²) >= 11 is 0. The summed E-state index contributed by atoms with van der Waals surface area (Å²) in [7, 11) is 0. The number of fused-ring (bicyclic) bond motifs is 7. The van der Waals surface area contributed by atoms with Crippen LogP contribution in [0.3, 0.4) is 0 Å². The molecule has 0 bridgehead atoms. The van der Waals surface area contributed by atoms with E-state index in [-0.39, 0.29) is 0 Å². The summed E-state index contributed by atoms with van der Waals surface area (Å²) < 4.78 is 2.43. The molecule has 68 heavy (non-hydrogen) atoms. The SMILES string of the molecule is c1ccc(-c2ccccc2N(c2ccc(-c3ccc4c(c3)c(-c3ccccc3)c(-c3ccccc3)c3ccccc34)cc2)c2cccc3c2c2ccccc2n3-c2ccc3ccccc3c2)cc1. The number of anilines is 3. The lowest BCUT2D eigenvalue weighted by atomic mass is 9.84. The van der Waals surface area contributed by atoms with Crippen molar-refractivity contribution in [2.24, 2.45) is 0 Å². The zero-order valence-corrected chi connectivity index (χ0v) is 37.3. The average Bonchev–Trinajstić information content (AvgIpc) is 3.76. The highest BCUT2D eigenvalue weighted by atomic mass is 15.2. The van der Waals surface area contributed by atoms with Gasteiger partial charge in [0.05, 0.1) is 22.4 Å². The molecule has 0 aliphatic rings. The Kier molecular flexibility index (Phi) is 9.54. The summed E-state index contributed by atoms with van der Waals surface area (Å²) in [6.45, 7) is 0. The van der Waals surface area contributed by atoms with E-state index in [0.717, 1.165) is 39.4 Å². The number of para-hydroxylation sites is 2. The Balaban J connectivity index is 1.02. The summed E-state index contributed by atoms with van der Waals surface area (Å²) in [5.74, 6) is 0. The van der Waals surface area contributed by atoms with E-state index in [1.165, 1.54) is 82.0 Å². The van der Waals surface area contributed by atoms with E-state index in [4.69, 9.17) is 0 Å². The predicted molar refractivity (Wildman–Crippen MR) is 290 cm³/mol. The smallest absolute Gasteiger partial charge is 0.0562 e. The Bertz CT molecular complexity index is 4000. The average molecular weight is 865 g/mol. The van der Waals surface area contributed by atoms with Gasteiger partial charge in [-0.05, 0) is 126 Å². The fraction of sp³-hybridized carbons (Fsp3) is 0. The molecule has 1 aromatic heterocycles. The lowest BCUT2D eigenvalue weighted by Gasteiger charge is -2.29. The molecule has 0 atom stereocenters. The van der Waals surface area contributed by atoms with Gasteiger partial charge in [0, 0.05) is 27.7 Å². The van der Waals surface area contributed by atoms with E-state index in [2.05, 4.69) is 276 Å². The van der Waals surface area contributed by atoms with Gasteiger partial charge in [-0.2, -0.15) is 0 Å². The molecule has 12 aromatic carbocycles. The Morgan fingerprint density at radius 1 is 0.279 bits per heavy atom. The van der Waals surface area contributed by atoms with Gasteiger partial charge < -0.3 is 9.47 Å². The van der Waals surface area contributed by atoms with Crippen molar-refractivity contribution in [1.82, 2.24) is 4.57 Å². The van der Waals surface area contributed by atoms with E-state index >= 15 is 0 Å². The molecular formula is C66H44N2. The maximum atomic E-state index is 2.47. The molecule has 1 heterocycles. The topological polar surface area (TPSA) is 8.17 Å². The Hall–Kier alpha value is -8.98. The molecule has 0 aliphatic carbocycles. The molecule has 13 rings (SSSR count). The quantitative estimate of drug-likeness (QED) is 0.138. The normalized spacial score (nSPS) is 11.5. The lowest BCUT2D eigenvalue weighted by molar-refractivity contribution is 1.18. The zero-order chi connectivity index (χ0) is 45.0. The first-order valence-electron chi connectivity index (χ1n) is 23.4. The maximum absolute atomic E-state index is 2.47. The van der Waals surface area contributed by atoms with Crippen LogP contribution < -0.4 is 4.90 Å². The van der Waals surface area contributed by atoms with Gasteiger partial charge in [0.2, 0.25) is 0 Å². The third-order valence-corrected chi connectivity index (χ3v) is 13.7. The summed E-state index contributed by atoms with van der Waals surface area (Å²) in [4.78, 5) is 2.47. The zero-order valence-electron chi connectivity index (χ0n) is 37.3. The van der Waals surface area contributed by atoms with Crippen molar-refractivity contribution in [2.45, 2.75) is 0 Å². The standard InChI is InChI=1S/C66H44N2/c1-4-20-47(21-5-1)54-27-14-16-31-60(54)67(62-33-18-34-63-66(62)58-30-15-17-32-61(58)68(63)53-41-37-45-19-10-11-26-50(45)43-53)52-39-35-46(36-40-52)51-38-42-56-55-28-12-13-29-57(55)64(48-22-6-2-7-23-48)65(59(56)44-51)49-24-8-3-9-25-49/h1-44H. The van der Waals surface area contributed by atoms with Crippen LogP contribution in [-0.4, -0.2) is 4.57 Å². The van der Waals surface area contributed by atoms with Gasteiger partial charge in [0.1, 0.15) is 0 Å².